The van der Waals surface area contributed by atoms with Gasteiger partial charge in [0.05, 0.1) is 5.70 Å². The van der Waals surface area contributed by atoms with E-state index in [0.29, 0.717) is 23.5 Å². The maximum atomic E-state index is 5.84. The van der Waals surface area contributed by atoms with E-state index in [-0.39, 0.29) is 5.41 Å². The quantitative estimate of drug-likeness (QED) is 0.371. The summed E-state index contributed by atoms with van der Waals surface area (Å²) in [5.41, 5.74) is 9.40. The first-order chi connectivity index (χ1) is 12.7. The third kappa shape index (κ3) is 6.69. The fraction of sp³-hybridized carbons (Fsp3) is 0.524. The second kappa shape index (κ2) is 9.40. The van der Waals surface area contributed by atoms with Crippen LogP contribution in [0.4, 0.5) is 5.13 Å². The molecular weight excluding hydrogens is 351 g/mol. The molecule has 1 aromatic heterocycles. The Morgan fingerprint density at radius 2 is 2.22 bits per heavy atom. The van der Waals surface area contributed by atoms with E-state index in [2.05, 4.69) is 58.1 Å². The minimum atomic E-state index is -0.0835. The van der Waals surface area contributed by atoms with Gasteiger partial charge in [0.25, 0.3) is 0 Å². The summed E-state index contributed by atoms with van der Waals surface area (Å²) in [6.45, 7) is 19.2. The molecule has 27 heavy (non-hydrogen) atoms. The molecule has 0 amide bonds. The van der Waals surface area contributed by atoms with Crippen molar-refractivity contribution in [3.05, 3.63) is 48.2 Å². The Bertz CT molecular complexity index is 712. The molecule has 1 aliphatic heterocycles. The molecule has 0 saturated carbocycles. The zero-order chi connectivity index (χ0) is 20.0. The van der Waals surface area contributed by atoms with E-state index in [1.54, 1.807) is 0 Å². The molecule has 2 atom stereocenters. The molecule has 0 spiro atoms. The van der Waals surface area contributed by atoms with Gasteiger partial charge in [0.2, 0.25) is 0 Å². The first-order valence-corrected chi connectivity index (χ1v) is 10.4. The highest BCUT2D eigenvalue weighted by molar-refractivity contribution is 7.13. The number of nitrogens with two attached hydrogens (primary N) is 1. The van der Waals surface area contributed by atoms with E-state index in [1.807, 2.05) is 11.5 Å². The summed E-state index contributed by atoms with van der Waals surface area (Å²) in [5, 5.41) is 6.03. The van der Waals surface area contributed by atoms with Crippen LogP contribution < -0.4 is 11.1 Å². The Kier molecular flexibility index (Phi) is 7.48. The first-order valence-electron chi connectivity index (χ1n) is 9.53. The number of rotatable bonds is 9. The molecule has 1 fully saturated rings. The van der Waals surface area contributed by atoms with E-state index < -0.39 is 0 Å². The number of nitrogens with zero attached hydrogens (tertiary/aromatic N) is 2. The second-order valence-corrected chi connectivity index (χ2v) is 9.12. The van der Waals surface area contributed by atoms with E-state index in [1.165, 1.54) is 23.3 Å². The molecule has 0 aliphatic carbocycles. The molecule has 3 N–H and O–H groups in total. The molecule has 1 aliphatic rings. The minimum absolute atomic E-state index is 0.0835. The average molecular weight is 383 g/mol. The molecule has 1 radical (unpaired) electrons. The van der Waals surface area contributed by atoms with Crippen LogP contribution in [0.3, 0.4) is 0 Å². The fourth-order valence-corrected chi connectivity index (χ4v) is 3.73. The number of aliphatic imine (C=N–C) groups is 1. The zero-order valence-corrected chi connectivity index (χ0v) is 17.7. The average Bonchev–Trinajstić information content (AvgIpc) is 3.02. The van der Waals surface area contributed by atoms with Crippen LogP contribution in [0.1, 0.15) is 45.7 Å². The van der Waals surface area contributed by atoms with Gasteiger partial charge in [-0.3, -0.25) is 4.99 Å². The number of thiazole rings is 1. The van der Waals surface area contributed by atoms with Crippen LogP contribution in [0.25, 0.3) is 0 Å². The molecule has 6 heteroatoms. The van der Waals surface area contributed by atoms with Crippen LogP contribution in [0.2, 0.25) is 6.32 Å². The van der Waals surface area contributed by atoms with Crippen LogP contribution in [0.5, 0.6) is 0 Å². The maximum Gasteiger partial charge on any atom is 0.180 e. The molecule has 1 saturated heterocycles. The zero-order valence-electron chi connectivity index (χ0n) is 16.9. The lowest BCUT2D eigenvalue weighted by molar-refractivity contribution is 0.455. The second-order valence-electron chi connectivity index (χ2n) is 8.23. The van der Waals surface area contributed by atoms with Crippen molar-refractivity contribution in [3.63, 3.8) is 0 Å². The van der Waals surface area contributed by atoms with Crippen molar-refractivity contribution in [1.82, 2.24) is 10.3 Å². The monoisotopic (exact) mass is 383 g/mol. The van der Waals surface area contributed by atoms with E-state index >= 15 is 0 Å². The van der Waals surface area contributed by atoms with Gasteiger partial charge in [0.15, 0.2) is 5.13 Å². The van der Waals surface area contributed by atoms with Gasteiger partial charge >= 0.3 is 0 Å². The largest absolute Gasteiger partial charge is 0.389 e. The Morgan fingerprint density at radius 3 is 2.74 bits per heavy atom. The number of hydrogen-bond donors (Lipinski definition) is 2. The summed E-state index contributed by atoms with van der Waals surface area (Å²) in [5.74, 6) is 1.03. The van der Waals surface area contributed by atoms with Crippen LogP contribution in [0.15, 0.2) is 47.5 Å². The lowest BCUT2D eigenvalue weighted by atomic mass is 9.55. The van der Waals surface area contributed by atoms with Crippen molar-refractivity contribution in [1.29, 1.82) is 0 Å². The van der Waals surface area contributed by atoms with Crippen molar-refractivity contribution in [2.45, 2.75) is 52.3 Å². The number of nitrogens with one attached hydrogen (secondary N) is 1. The lowest BCUT2D eigenvalue weighted by Crippen LogP contribution is -2.40. The molecule has 4 nitrogen and oxygen atoms in total. The van der Waals surface area contributed by atoms with Gasteiger partial charge in [-0.15, -0.1) is 24.5 Å². The third-order valence-corrected chi connectivity index (χ3v) is 5.56. The van der Waals surface area contributed by atoms with Crippen LogP contribution in [0, 0.1) is 11.3 Å². The van der Waals surface area contributed by atoms with Crippen LogP contribution >= 0.6 is 11.3 Å². The van der Waals surface area contributed by atoms with Crippen LogP contribution in [-0.2, 0) is 0 Å². The van der Waals surface area contributed by atoms with Gasteiger partial charge in [-0.2, -0.15) is 0 Å². The fourth-order valence-electron chi connectivity index (χ4n) is 3.18. The minimum Gasteiger partial charge on any atom is -0.389 e. The number of hydrogen-bond acceptors (Lipinski definition) is 5. The first kappa shape index (κ1) is 21.5. The predicted molar refractivity (Wildman–Crippen MR) is 121 cm³/mol. The lowest BCUT2D eigenvalue weighted by Gasteiger charge is -2.30. The van der Waals surface area contributed by atoms with E-state index in [4.69, 9.17) is 10.7 Å². The number of allylic oxidation sites excluding steroid dienone is 2. The van der Waals surface area contributed by atoms with Crippen molar-refractivity contribution < 1.29 is 0 Å². The summed E-state index contributed by atoms with van der Waals surface area (Å²) < 4.78 is 0. The smallest absolute Gasteiger partial charge is 0.180 e. The summed E-state index contributed by atoms with van der Waals surface area (Å²) >= 11 is 1.42. The Morgan fingerprint density at radius 1 is 1.48 bits per heavy atom. The molecule has 145 valence electrons. The summed E-state index contributed by atoms with van der Waals surface area (Å²) in [7, 11) is 2.36. The molecular formula is C21H32BN4S. The maximum absolute atomic E-state index is 5.84. The summed E-state index contributed by atoms with van der Waals surface area (Å²) in [6.07, 6.45) is 6.45. The molecule has 2 heterocycles. The van der Waals surface area contributed by atoms with Gasteiger partial charge in [0, 0.05) is 17.3 Å². The number of aromatic nitrogens is 1. The highest BCUT2D eigenvalue weighted by atomic mass is 32.1. The van der Waals surface area contributed by atoms with Gasteiger partial charge in [0.1, 0.15) is 18.7 Å². The van der Waals surface area contributed by atoms with E-state index in [0.717, 1.165) is 36.3 Å². The normalized spacial score (nSPS) is 20.6. The highest BCUT2D eigenvalue weighted by Gasteiger charge is 2.24. The Balaban J connectivity index is 2.05. The van der Waals surface area contributed by atoms with Crippen molar-refractivity contribution in [2.75, 3.05) is 12.3 Å². The van der Waals surface area contributed by atoms with Crippen LogP contribution in [-0.4, -0.2) is 30.5 Å². The molecule has 1 aromatic rings. The number of nitrogen functional groups attached to an aromatic ring is 1. The van der Waals surface area contributed by atoms with Gasteiger partial charge in [-0.1, -0.05) is 38.4 Å². The van der Waals surface area contributed by atoms with Gasteiger partial charge in [-0.25, -0.2) is 4.98 Å². The molecule has 0 aromatic carbocycles. The van der Waals surface area contributed by atoms with Crippen molar-refractivity contribution in [3.8, 4) is 0 Å². The summed E-state index contributed by atoms with van der Waals surface area (Å²) in [6, 6.07) is 0. The van der Waals surface area contributed by atoms with Gasteiger partial charge in [-0.05, 0) is 38.0 Å². The highest BCUT2D eigenvalue weighted by Crippen LogP contribution is 2.26. The van der Waals surface area contributed by atoms with Crippen molar-refractivity contribution >= 4 is 29.5 Å². The standard InChI is InChI=1S/C21H32BN4S/c1-7-21(5,6)13-24-19(17-12-27-20(23)26-17)15(4)25-18-9-8-16(11-22-18)10-14(2)3/h7,12,16,18,25H,1-2,4,8-11,13H2,3,5-6H3,(H2,23,26). The third-order valence-electron chi connectivity index (χ3n) is 4.88. The summed E-state index contributed by atoms with van der Waals surface area (Å²) in [4.78, 5) is 9.23. The molecule has 2 unspecified atom stereocenters. The predicted octanol–water partition coefficient (Wildman–Crippen LogP) is 4.65. The molecule has 2 rings (SSSR count). The Hall–Kier alpha value is -1.82. The molecule has 0 bridgehead atoms. The van der Waals surface area contributed by atoms with Gasteiger partial charge < -0.3 is 11.1 Å². The topological polar surface area (TPSA) is 63.3 Å². The SMILES string of the molecule is C=CC(C)(C)CN=C(C(=C)NC1[B]CC(CC(=C)C)CC1)c1csc(N)n1. The number of anilines is 1. The van der Waals surface area contributed by atoms with E-state index in [9.17, 15) is 0 Å². The van der Waals surface area contributed by atoms with Crippen molar-refractivity contribution in [2.24, 2.45) is 16.3 Å². The Labute approximate surface area is 169 Å².